The Balaban J connectivity index is 1.71. The summed E-state index contributed by atoms with van der Waals surface area (Å²) in [5.74, 6) is -0.263. The summed E-state index contributed by atoms with van der Waals surface area (Å²) >= 11 is 0. The molecule has 0 radical (unpaired) electrons. The number of carbonyl (C=O) groups is 1. The van der Waals surface area contributed by atoms with E-state index in [1.807, 2.05) is 42.5 Å². The Bertz CT molecular complexity index is 982. The van der Waals surface area contributed by atoms with E-state index in [2.05, 4.69) is 5.10 Å². The maximum Gasteiger partial charge on any atom is 0.243 e. The first-order valence-corrected chi connectivity index (χ1v) is 7.91. The third kappa shape index (κ3) is 2.85. The van der Waals surface area contributed by atoms with Gasteiger partial charge in [0.2, 0.25) is 18.0 Å². The highest BCUT2D eigenvalue weighted by atomic mass is 19.1. The van der Waals surface area contributed by atoms with E-state index in [1.54, 1.807) is 12.1 Å². The van der Waals surface area contributed by atoms with Gasteiger partial charge in [0, 0.05) is 18.1 Å². The number of hydrogen-bond acceptors (Lipinski definition) is 3. The number of carbonyl (C=O) groups excluding carboxylic acids is 1. The van der Waals surface area contributed by atoms with Gasteiger partial charge in [-0.1, -0.05) is 36.4 Å². The predicted octanol–water partition coefficient (Wildman–Crippen LogP) is 4.22. The second kappa shape index (κ2) is 6.02. The highest BCUT2D eigenvalue weighted by Gasteiger charge is 2.33. The molecule has 3 aromatic carbocycles. The molecule has 3 aromatic rings. The number of hydrazone groups is 1. The summed E-state index contributed by atoms with van der Waals surface area (Å²) in [5, 5.41) is 7.76. The zero-order valence-corrected chi connectivity index (χ0v) is 13.5. The Kier molecular flexibility index (Phi) is 3.69. The SMILES string of the molecule is CC(=O)N1N=C(c2ccc(F)cc2)O[C@H]1c1ccc2ccccc2c1. The standard InChI is InChI=1S/C20H15FN2O2/c1-13(24)23-20(17-7-6-14-4-2-3-5-16(14)12-17)25-19(22-23)15-8-10-18(21)11-9-15/h2-12,20H,1H3/t20-/m0/s1. The topological polar surface area (TPSA) is 41.9 Å². The molecule has 5 heteroatoms. The molecule has 0 saturated carbocycles. The molecule has 1 aliphatic heterocycles. The number of amides is 1. The minimum atomic E-state index is -0.637. The van der Waals surface area contributed by atoms with Crippen LogP contribution < -0.4 is 0 Å². The Morgan fingerprint density at radius 1 is 1.04 bits per heavy atom. The van der Waals surface area contributed by atoms with Gasteiger partial charge in [0.1, 0.15) is 5.82 Å². The first-order chi connectivity index (χ1) is 12.1. The molecule has 0 unspecified atom stereocenters. The minimum Gasteiger partial charge on any atom is -0.446 e. The predicted molar refractivity (Wildman–Crippen MR) is 93.2 cm³/mol. The van der Waals surface area contributed by atoms with Gasteiger partial charge in [-0.2, -0.15) is 5.01 Å². The van der Waals surface area contributed by atoms with E-state index < -0.39 is 6.23 Å². The van der Waals surface area contributed by atoms with Gasteiger partial charge < -0.3 is 4.74 Å². The molecule has 0 aromatic heterocycles. The summed E-state index contributed by atoms with van der Waals surface area (Å²) in [5.41, 5.74) is 1.45. The fourth-order valence-electron chi connectivity index (χ4n) is 2.85. The lowest BCUT2D eigenvalue weighted by molar-refractivity contribution is -0.135. The first kappa shape index (κ1) is 15.3. The van der Waals surface area contributed by atoms with Crippen molar-refractivity contribution in [2.45, 2.75) is 13.2 Å². The van der Waals surface area contributed by atoms with Gasteiger partial charge >= 0.3 is 0 Å². The van der Waals surface area contributed by atoms with Crippen molar-refractivity contribution in [3.05, 3.63) is 83.7 Å². The third-order valence-corrected chi connectivity index (χ3v) is 4.12. The lowest BCUT2D eigenvalue weighted by Crippen LogP contribution is -2.25. The minimum absolute atomic E-state index is 0.227. The van der Waals surface area contributed by atoms with E-state index in [-0.39, 0.29) is 11.7 Å². The Hall–Kier alpha value is -3.21. The molecule has 4 rings (SSSR count). The third-order valence-electron chi connectivity index (χ3n) is 4.12. The molecule has 1 heterocycles. The second-order valence-corrected chi connectivity index (χ2v) is 5.85. The Morgan fingerprint density at radius 3 is 2.48 bits per heavy atom. The fourth-order valence-corrected chi connectivity index (χ4v) is 2.85. The molecule has 0 aliphatic carbocycles. The van der Waals surface area contributed by atoms with Crippen LogP contribution in [0.2, 0.25) is 0 Å². The van der Waals surface area contributed by atoms with Crippen LogP contribution in [0, 0.1) is 5.82 Å². The van der Waals surface area contributed by atoms with Crippen molar-refractivity contribution in [2.24, 2.45) is 5.10 Å². The summed E-state index contributed by atoms with van der Waals surface area (Å²) in [6.45, 7) is 1.44. The van der Waals surface area contributed by atoms with Gasteiger partial charge in [-0.15, -0.1) is 5.10 Å². The van der Waals surface area contributed by atoms with E-state index in [0.717, 1.165) is 16.3 Å². The van der Waals surface area contributed by atoms with E-state index in [4.69, 9.17) is 4.74 Å². The van der Waals surface area contributed by atoms with Gasteiger partial charge in [0.05, 0.1) is 0 Å². The Morgan fingerprint density at radius 2 is 1.76 bits per heavy atom. The van der Waals surface area contributed by atoms with Crippen molar-refractivity contribution in [2.75, 3.05) is 0 Å². The van der Waals surface area contributed by atoms with Crippen molar-refractivity contribution < 1.29 is 13.9 Å². The zero-order valence-electron chi connectivity index (χ0n) is 13.5. The Labute approximate surface area is 144 Å². The molecule has 1 aliphatic rings. The van der Waals surface area contributed by atoms with Gasteiger partial charge in [-0.05, 0) is 41.1 Å². The molecule has 0 fully saturated rings. The molecule has 1 atom stereocenters. The summed E-state index contributed by atoms with van der Waals surface area (Å²) in [6.07, 6.45) is -0.637. The highest BCUT2D eigenvalue weighted by molar-refractivity contribution is 5.96. The average Bonchev–Trinajstić information content (AvgIpc) is 3.07. The number of ether oxygens (including phenoxy) is 1. The second-order valence-electron chi connectivity index (χ2n) is 5.85. The highest BCUT2D eigenvalue weighted by Crippen LogP contribution is 2.32. The van der Waals surface area contributed by atoms with Crippen LogP contribution in [0.1, 0.15) is 24.3 Å². The molecule has 124 valence electrons. The molecular weight excluding hydrogens is 319 g/mol. The van der Waals surface area contributed by atoms with Crippen molar-refractivity contribution >= 4 is 22.6 Å². The molecule has 0 N–H and O–H groups in total. The molecule has 0 bridgehead atoms. The summed E-state index contributed by atoms with van der Waals surface area (Å²) < 4.78 is 19.1. The van der Waals surface area contributed by atoms with Crippen LogP contribution in [0.3, 0.4) is 0 Å². The number of fused-ring (bicyclic) bond motifs is 1. The van der Waals surface area contributed by atoms with Gasteiger partial charge in [0.25, 0.3) is 0 Å². The van der Waals surface area contributed by atoms with Crippen molar-refractivity contribution in [3.8, 4) is 0 Å². The van der Waals surface area contributed by atoms with E-state index >= 15 is 0 Å². The lowest BCUT2D eigenvalue weighted by atomic mass is 10.1. The molecule has 4 nitrogen and oxygen atoms in total. The summed E-state index contributed by atoms with van der Waals surface area (Å²) in [6, 6.07) is 19.7. The maximum absolute atomic E-state index is 13.1. The molecule has 0 spiro atoms. The molecule has 1 amide bonds. The number of nitrogens with zero attached hydrogens (tertiary/aromatic N) is 2. The molecule has 0 saturated heterocycles. The van der Waals surface area contributed by atoms with Crippen molar-refractivity contribution in [1.29, 1.82) is 0 Å². The van der Waals surface area contributed by atoms with E-state index in [0.29, 0.717) is 11.5 Å². The van der Waals surface area contributed by atoms with Gasteiger partial charge in [0.15, 0.2) is 0 Å². The van der Waals surface area contributed by atoms with Crippen LogP contribution in [0.15, 0.2) is 71.8 Å². The van der Waals surface area contributed by atoms with E-state index in [9.17, 15) is 9.18 Å². The fraction of sp³-hybridized carbons (Fsp3) is 0.100. The number of hydrogen-bond donors (Lipinski definition) is 0. The zero-order chi connectivity index (χ0) is 17.4. The lowest BCUT2D eigenvalue weighted by Gasteiger charge is -2.19. The van der Waals surface area contributed by atoms with Crippen LogP contribution >= 0.6 is 0 Å². The van der Waals surface area contributed by atoms with Gasteiger partial charge in [-0.25, -0.2) is 4.39 Å². The van der Waals surface area contributed by atoms with Gasteiger partial charge in [-0.3, -0.25) is 4.79 Å². The number of rotatable bonds is 2. The number of benzene rings is 3. The van der Waals surface area contributed by atoms with Crippen LogP contribution in [-0.4, -0.2) is 16.8 Å². The largest absolute Gasteiger partial charge is 0.446 e. The number of halogens is 1. The molecular formula is C20H15FN2O2. The maximum atomic E-state index is 13.1. The van der Waals surface area contributed by atoms with Crippen LogP contribution in [0.5, 0.6) is 0 Å². The summed E-state index contributed by atoms with van der Waals surface area (Å²) in [7, 11) is 0. The monoisotopic (exact) mass is 334 g/mol. The van der Waals surface area contributed by atoms with Crippen LogP contribution in [0.4, 0.5) is 4.39 Å². The quantitative estimate of drug-likeness (QED) is 0.704. The van der Waals surface area contributed by atoms with Crippen molar-refractivity contribution in [1.82, 2.24) is 5.01 Å². The normalized spacial score (nSPS) is 16.6. The molecule has 25 heavy (non-hydrogen) atoms. The van der Waals surface area contributed by atoms with Crippen LogP contribution in [-0.2, 0) is 9.53 Å². The smallest absolute Gasteiger partial charge is 0.243 e. The van der Waals surface area contributed by atoms with Crippen LogP contribution in [0.25, 0.3) is 10.8 Å². The first-order valence-electron chi connectivity index (χ1n) is 7.91. The van der Waals surface area contributed by atoms with E-state index in [1.165, 1.54) is 24.1 Å². The van der Waals surface area contributed by atoms with Crippen molar-refractivity contribution in [3.63, 3.8) is 0 Å². The summed E-state index contributed by atoms with van der Waals surface area (Å²) in [4.78, 5) is 12.0. The average molecular weight is 334 g/mol.